The summed E-state index contributed by atoms with van der Waals surface area (Å²) in [5, 5.41) is 19.2. The van der Waals surface area contributed by atoms with E-state index in [0.717, 1.165) is 9.87 Å². The number of aliphatic hydroxyl groups is 1. The molecule has 0 amide bonds. The molecule has 0 spiro atoms. The molecule has 1 aliphatic heterocycles. The Morgan fingerprint density at radius 1 is 1.04 bits per heavy atom. The first-order valence-electron chi connectivity index (χ1n) is 7.69. The zero-order valence-corrected chi connectivity index (χ0v) is 13.8. The molecule has 2 aromatic rings. The lowest BCUT2D eigenvalue weighted by Crippen LogP contribution is -2.65. The first-order valence-corrected chi connectivity index (χ1v) is 9.30. The van der Waals surface area contributed by atoms with Gasteiger partial charge in [-0.05, 0) is 11.1 Å². The fourth-order valence-electron chi connectivity index (χ4n) is 3.28. The minimum Gasteiger partial charge on any atom is -0.395 e. The lowest BCUT2D eigenvalue weighted by atomic mass is 9.78. The van der Waals surface area contributed by atoms with Crippen LogP contribution >= 0.6 is 0 Å². The van der Waals surface area contributed by atoms with Gasteiger partial charge in [-0.3, -0.25) is 0 Å². The number of aliphatic hydroxyl groups excluding tert-OH is 1. The lowest BCUT2D eigenvalue weighted by molar-refractivity contribution is 0.0555. The molecular formula is C18H18N2O3S. The van der Waals surface area contributed by atoms with Crippen molar-refractivity contribution in [1.82, 2.24) is 4.31 Å². The number of hydrogen-bond acceptors (Lipinski definition) is 4. The van der Waals surface area contributed by atoms with Gasteiger partial charge in [-0.25, -0.2) is 8.42 Å². The number of nitrogens with zero attached hydrogens (tertiary/aromatic N) is 2. The molecule has 1 fully saturated rings. The number of nitriles is 1. The second-order valence-electron chi connectivity index (χ2n) is 5.83. The van der Waals surface area contributed by atoms with Crippen LogP contribution in [0.15, 0.2) is 60.7 Å². The van der Waals surface area contributed by atoms with Crippen LogP contribution in [0.3, 0.4) is 0 Å². The molecule has 1 aliphatic rings. The normalized spacial score (nSPS) is 24.1. The van der Waals surface area contributed by atoms with Crippen LogP contribution in [-0.2, 0) is 15.8 Å². The molecule has 124 valence electrons. The van der Waals surface area contributed by atoms with E-state index >= 15 is 0 Å². The Morgan fingerprint density at radius 3 is 2.17 bits per heavy atom. The molecular weight excluding hydrogens is 324 g/mol. The summed E-state index contributed by atoms with van der Waals surface area (Å²) in [4.78, 5) is 0. The molecule has 0 bridgehead atoms. The van der Waals surface area contributed by atoms with E-state index < -0.39 is 22.1 Å². The van der Waals surface area contributed by atoms with Gasteiger partial charge in [0.15, 0.2) is 0 Å². The number of benzene rings is 2. The van der Waals surface area contributed by atoms with Crippen LogP contribution in [0, 0.1) is 11.3 Å². The van der Waals surface area contributed by atoms with Gasteiger partial charge < -0.3 is 5.11 Å². The second-order valence-corrected chi connectivity index (χ2v) is 7.71. The molecule has 6 heteroatoms. The van der Waals surface area contributed by atoms with Crippen LogP contribution < -0.4 is 0 Å². The average molecular weight is 342 g/mol. The molecule has 0 unspecified atom stereocenters. The number of hydrogen-bond donors (Lipinski definition) is 1. The molecule has 24 heavy (non-hydrogen) atoms. The summed E-state index contributed by atoms with van der Waals surface area (Å²) in [5.74, 6) is -0.490. The van der Waals surface area contributed by atoms with Gasteiger partial charge in [-0.15, -0.1) is 0 Å². The summed E-state index contributed by atoms with van der Waals surface area (Å²) < 4.78 is 26.7. The van der Waals surface area contributed by atoms with E-state index in [-0.39, 0.29) is 18.3 Å². The fraction of sp³-hybridized carbons (Fsp3) is 0.278. The average Bonchev–Trinajstić information content (AvgIpc) is 2.56. The highest BCUT2D eigenvalue weighted by molar-refractivity contribution is 7.88. The largest absolute Gasteiger partial charge is 0.395 e. The van der Waals surface area contributed by atoms with Crippen LogP contribution in [-0.4, -0.2) is 36.5 Å². The molecule has 2 aromatic carbocycles. The van der Waals surface area contributed by atoms with Crippen molar-refractivity contribution in [2.45, 2.75) is 23.8 Å². The summed E-state index contributed by atoms with van der Waals surface area (Å²) in [5.41, 5.74) is 1.53. The smallest absolute Gasteiger partial charge is 0.219 e. The monoisotopic (exact) mass is 342 g/mol. The van der Waals surface area contributed by atoms with E-state index in [4.69, 9.17) is 0 Å². The number of rotatable bonds is 5. The van der Waals surface area contributed by atoms with Crippen molar-refractivity contribution in [3.63, 3.8) is 0 Å². The second kappa shape index (κ2) is 6.73. The Balaban J connectivity index is 1.89. The minimum absolute atomic E-state index is 0.177. The van der Waals surface area contributed by atoms with Crippen LogP contribution in [0.5, 0.6) is 0 Å². The van der Waals surface area contributed by atoms with Crippen LogP contribution in [0.25, 0.3) is 0 Å². The quantitative estimate of drug-likeness (QED) is 0.899. The molecule has 5 nitrogen and oxygen atoms in total. The fourth-order valence-corrected chi connectivity index (χ4v) is 5.18. The molecule has 0 saturated carbocycles. The third kappa shape index (κ3) is 2.94. The molecule has 0 radical (unpaired) electrons. The Morgan fingerprint density at radius 2 is 1.62 bits per heavy atom. The van der Waals surface area contributed by atoms with Gasteiger partial charge in [0.05, 0.1) is 24.5 Å². The summed E-state index contributed by atoms with van der Waals surface area (Å²) in [6.07, 6.45) is 0. The molecule has 3 rings (SSSR count). The highest BCUT2D eigenvalue weighted by Crippen LogP contribution is 2.42. The van der Waals surface area contributed by atoms with Gasteiger partial charge in [-0.2, -0.15) is 9.57 Å². The van der Waals surface area contributed by atoms with Crippen molar-refractivity contribution in [1.29, 1.82) is 5.26 Å². The van der Waals surface area contributed by atoms with Crippen LogP contribution in [0.1, 0.15) is 17.0 Å². The molecule has 1 heterocycles. The van der Waals surface area contributed by atoms with Gasteiger partial charge in [0.1, 0.15) is 6.04 Å². The predicted octanol–water partition coefficient (Wildman–Crippen LogP) is 1.87. The van der Waals surface area contributed by atoms with Gasteiger partial charge in [0, 0.05) is 5.92 Å². The minimum atomic E-state index is -3.69. The Labute approximate surface area is 141 Å². The van der Waals surface area contributed by atoms with Crippen molar-refractivity contribution < 1.29 is 13.5 Å². The third-order valence-electron chi connectivity index (χ3n) is 4.37. The van der Waals surface area contributed by atoms with E-state index in [1.165, 1.54) is 0 Å². The molecule has 1 N–H and O–H groups in total. The maximum Gasteiger partial charge on any atom is 0.219 e. The zero-order valence-electron chi connectivity index (χ0n) is 13.0. The highest BCUT2D eigenvalue weighted by Gasteiger charge is 2.54. The highest BCUT2D eigenvalue weighted by atomic mass is 32.2. The van der Waals surface area contributed by atoms with E-state index in [2.05, 4.69) is 6.07 Å². The van der Waals surface area contributed by atoms with Gasteiger partial charge in [-0.1, -0.05) is 60.7 Å². The first kappa shape index (κ1) is 16.7. The maximum absolute atomic E-state index is 12.8. The van der Waals surface area contributed by atoms with Crippen molar-refractivity contribution in [2.24, 2.45) is 0 Å². The molecule has 0 aromatic heterocycles. The Bertz CT molecular complexity index is 832. The third-order valence-corrected chi connectivity index (χ3v) is 6.21. The van der Waals surface area contributed by atoms with Crippen molar-refractivity contribution in [3.8, 4) is 6.07 Å². The zero-order chi connectivity index (χ0) is 17.2. The Hall–Kier alpha value is -2.20. The van der Waals surface area contributed by atoms with Crippen molar-refractivity contribution >= 4 is 10.0 Å². The lowest BCUT2D eigenvalue weighted by Gasteiger charge is -2.50. The van der Waals surface area contributed by atoms with Crippen LogP contribution in [0.4, 0.5) is 0 Å². The first-order chi connectivity index (χ1) is 11.6. The summed E-state index contributed by atoms with van der Waals surface area (Å²) in [6, 6.07) is 18.8. The SMILES string of the molecule is N#C[C@H]1[C@@H](c2ccccc2)[C@H](CO)N1S(=O)(=O)Cc1ccccc1. The Kier molecular flexibility index (Phi) is 4.67. The van der Waals surface area contributed by atoms with E-state index in [9.17, 15) is 18.8 Å². The molecule has 0 aliphatic carbocycles. The van der Waals surface area contributed by atoms with E-state index in [0.29, 0.717) is 5.56 Å². The van der Waals surface area contributed by atoms with E-state index in [1.54, 1.807) is 24.3 Å². The van der Waals surface area contributed by atoms with Gasteiger partial charge >= 0.3 is 0 Å². The standard InChI is InChI=1S/C18H18N2O3S/c19-11-16-18(15-9-5-2-6-10-15)17(12-21)20(16)24(22,23)13-14-7-3-1-4-8-14/h1-10,16-18,21H,12-13H2/t16-,17-,18+/m0/s1. The van der Waals surface area contributed by atoms with Gasteiger partial charge in [0.2, 0.25) is 10.0 Å². The predicted molar refractivity (Wildman–Crippen MR) is 90.4 cm³/mol. The van der Waals surface area contributed by atoms with Crippen molar-refractivity contribution in [3.05, 3.63) is 71.8 Å². The summed E-state index contributed by atoms with van der Waals surface area (Å²) >= 11 is 0. The molecule has 1 saturated heterocycles. The topological polar surface area (TPSA) is 81.4 Å². The van der Waals surface area contributed by atoms with E-state index in [1.807, 2.05) is 36.4 Å². The summed E-state index contributed by atoms with van der Waals surface area (Å²) in [6.45, 7) is -0.314. The van der Waals surface area contributed by atoms with Crippen molar-refractivity contribution in [2.75, 3.05) is 6.61 Å². The maximum atomic E-state index is 12.8. The number of sulfonamides is 1. The van der Waals surface area contributed by atoms with Crippen LogP contribution in [0.2, 0.25) is 0 Å². The summed E-state index contributed by atoms with van der Waals surface area (Å²) in [7, 11) is -3.69. The molecule has 3 atom stereocenters. The van der Waals surface area contributed by atoms with Gasteiger partial charge in [0.25, 0.3) is 0 Å².